The van der Waals surface area contributed by atoms with Gasteiger partial charge in [0, 0.05) is 12.1 Å². The number of carbonyl (C=O) groups excluding carboxylic acids is 2. The van der Waals surface area contributed by atoms with Gasteiger partial charge >= 0.3 is 0 Å². The van der Waals surface area contributed by atoms with Gasteiger partial charge in [-0.15, -0.1) is 0 Å². The second-order valence-corrected chi connectivity index (χ2v) is 5.14. The first kappa shape index (κ1) is 14.8. The van der Waals surface area contributed by atoms with Crippen molar-refractivity contribution in [3.05, 3.63) is 23.2 Å². The fourth-order valence-electron chi connectivity index (χ4n) is 2.08. The second kappa shape index (κ2) is 6.72. The molecule has 1 saturated heterocycles. The van der Waals surface area contributed by atoms with Gasteiger partial charge in [0.05, 0.1) is 16.8 Å². The van der Waals surface area contributed by atoms with Crippen molar-refractivity contribution in [2.24, 2.45) is 0 Å². The van der Waals surface area contributed by atoms with Crippen molar-refractivity contribution in [2.45, 2.75) is 32.2 Å². The lowest BCUT2D eigenvalue weighted by atomic mass is 10.2. The molecule has 1 heterocycles. The molecular weight excluding hydrogens is 278 g/mol. The number of nitrogens with one attached hydrogen (secondary N) is 3. The zero-order valence-electron chi connectivity index (χ0n) is 11.3. The normalized spacial score (nSPS) is 17.8. The van der Waals surface area contributed by atoms with E-state index in [1.165, 1.54) is 0 Å². The summed E-state index contributed by atoms with van der Waals surface area (Å²) >= 11 is 6.07. The van der Waals surface area contributed by atoms with Gasteiger partial charge in [-0.2, -0.15) is 0 Å². The van der Waals surface area contributed by atoms with E-state index >= 15 is 0 Å². The van der Waals surface area contributed by atoms with E-state index in [4.69, 9.17) is 11.6 Å². The maximum atomic E-state index is 12.0. The number of halogens is 1. The summed E-state index contributed by atoms with van der Waals surface area (Å²) < 4.78 is 0. The fourth-order valence-corrected chi connectivity index (χ4v) is 2.24. The van der Waals surface area contributed by atoms with E-state index in [2.05, 4.69) is 16.0 Å². The maximum Gasteiger partial charge on any atom is 0.241 e. The standard InChI is InChI=1S/C14H18ClN3O2/c1-2-13(19)17-9-5-6-10(15)12(8-9)18-14(20)11-4-3-7-16-11/h5-6,8,11,16H,2-4,7H2,1H3,(H,17,19)(H,18,20)/t11-/m1/s1. The van der Waals surface area contributed by atoms with E-state index in [9.17, 15) is 9.59 Å². The van der Waals surface area contributed by atoms with Crippen LogP contribution in [0.25, 0.3) is 0 Å². The zero-order valence-corrected chi connectivity index (χ0v) is 12.1. The Morgan fingerprint density at radius 3 is 2.85 bits per heavy atom. The molecule has 0 saturated carbocycles. The predicted molar refractivity (Wildman–Crippen MR) is 80.0 cm³/mol. The van der Waals surface area contributed by atoms with Crippen LogP contribution >= 0.6 is 11.6 Å². The van der Waals surface area contributed by atoms with Crippen molar-refractivity contribution in [3.8, 4) is 0 Å². The number of benzene rings is 1. The van der Waals surface area contributed by atoms with Gasteiger partial charge in [-0.1, -0.05) is 18.5 Å². The molecule has 1 aliphatic rings. The fraction of sp³-hybridized carbons (Fsp3) is 0.429. The Kier molecular flexibility index (Phi) is 4.98. The van der Waals surface area contributed by atoms with E-state index in [-0.39, 0.29) is 17.9 Å². The Morgan fingerprint density at radius 2 is 2.20 bits per heavy atom. The summed E-state index contributed by atoms with van der Waals surface area (Å²) in [5, 5.41) is 9.11. The number of anilines is 2. The highest BCUT2D eigenvalue weighted by molar-refractivity contribution is 6.34. The predicted octanol–water partition coefficient (Wildman–Crippen LogP) is 2.38. The van der Waals surface area contributed by atoms with Crippen LogP contribution < -0.4 is 16.0 Å². The van der Waals surface area contributed by atoms with Gasteiger partial charge in [0.25, 0.3) is 0 Å². The van der Waals surface area contributed by atoms with Gasteiger partial charge in [-0.05, 0) is 37.6 Å². The summed E-state index contributed by atoms with van der Waals surface area (Å²) in [5.41, 5.74) is 1.13. The van der Waals surface area contributed by atoms with Crippen LogP contribution in [-0.4, -0.2) is 24.4 Å². The van der Waals surface area contributed by atoms with Crippen LogP contribution in [0.1, 0.15) is 26.2 Å². The third kappa shape index (κ3) is 3.71. The van der Waals surface area contributed by atoms with Gasteiger partial charge in [0.15, 0.2) is 0 Å². The molecule has 1 fully saturated rings. The van der Waals surface area contributed by atoms with Crippen LogP contribution in [0.3, 0.4) is 0 Å². The molecular formula is C14H18ClN3O2. The number of hydrogen-bond donors (Lipinski definition) is 3. The van der Waals surface area contributed by atoms with Crippen LogP contribution in [0, 0.1) is 0 Å². The zero-order chi connectivity index (χ0) is 14.5. The summed E-state index contributed by atoms with van der Waals surface area (Å²) in [4.78, 5) is 23.4. The Balaban J connectivity index is 2.07. The lowest BCUT2D eigenvalue weighted by Crippen LogP contribution is -2.35. The summed E-state index contributed by atoms with van der Waals surface area (Å²) in [6.07, 6.45) is 2.23. The molecule has 3 N–H and O–H groups in total. The summed E-state index contributed by atoms with van der Waals surface area (Å²) in [6.45, 7) is 2.64. The third-order valence-corrected chi connectivity index (χ3v) is 3.54. The molecule has 1 aliphatic heterocycles. The molecule has 0 aliphatic carbocycles. The first-order valence-corrected chi connectivity index (χ1v) is 7.11. The first-order valence-electron chi connectivity index (χ1n) is 6.74. The molecule has 108 valence electrons. The average molecular weight is 296 g/mol. The molecule has 0 unspecified atom stereocenters. The monoisotopic (exact) mass is 295 g/mol. The molecule has 20 heavy (non-hydrogen) atoms. The quantitative estimate of drug-likeness (QED) is 0.799. The topological polar surface area (TPSA) is 70.2 Å². The number of amides is 2. The molecule has 5 nitrogen and oxygen atoms in total. The highest BCUT2D eigenvalue weighted by Gasteiger charge is 2.22. The average Bonchev–Trinajstić information content (AvgIpc) is 2.96. The van der Waals surface area contributed by atoms with Crippen molar-refractivity contribution in [1.82, 2.24) is 5.32 Å². The van der Waals surface area contributed by atoms with Crippen LogP contribution in [0.2, 0.25) is 5.02 Å². The van der Waals surface area contributed by atoms with Crippen molar-refractivity contribution in [2.75, 3.05) is 17.2 Å². The largest absolute Gasteiger partial charge is 0.326 e. The number of hydrogen-bond acceptors (Lipinski definition) is 3. The van der Waals surface area contributed by atoms with Crippen molar-refractivity contribution in [3.63, 3.8) is 0 Å². The van der Waals surface area contributed by atoms with Crippen molar-refractivity contribution in [1.29, 1.82) is 0 Å². The molecule has 0 bridgehead atoms. The van der Waals surface area contributed by atoms with Crippen LogP contribution in [0.4, 0.5) is 11.4 Å². The lowest BCUT2D eigenvalue weighted by molar-refractivity contribution is -0.118. The van der Waals surface area contributed by atoms with E-state index in [1.807, 2.05) is 0 Å². The molecule has 1 atom stereocenters. The van der Waals surface area contributed by atoms with Gasteiger partial charge < -0.3 is 16.0 Å². The Bertz CT molecular complexity index is 513. The Hall–Kier alpha value is -1.59. The molecule has 1 aromatic rings. The minimum Gasteiger partial charge on any atom is -0.326 e. The second-order valence-electron chi connectivity index (χ2n) is 4.73. The molecule has 0 aromatic heterocycles. The first-order chi connectivity index (χ1) is 9.60. The van der Waals surface area contributed by atoms with E-state index in [0.29, 0.717) is 22.8 Å². The molecule has 1 aromatic carbocycles. The highest BCUT2D eigenvalue weighted by Crippen LogP contribution is 2.26. The maximum absolute atomic E-state index is 12.0. The Morgan fingerprint density at radius 1 is 1.40 bits per heavy atom. The lowest BCUT2D eigenvalue weighted by Gasteiger charge is -2.13. The minimum atomic E-state index is -0.167. The molecule has 0 radical (unpaired) electrons. The van der Waals surface area contributed by atoms with Crippen LogP contribution in [0.5, 0.6) is 0 Å². The number of rotatable bonds is 4. The van der Waals surface area contributed by atoms with Gasteiger partial charge in [-0.3, -0.25) is 9.59 Å². The summed E-state index contributed by atoms with van der Waals surface area (Å²) in [7, 11) is 0. The smallest absolute Gasteiger partial charge is 0.241 e. The van der Waals surface area contributed by atoms with E-state index in [0.717, 1.165) is 19.4 Å². The third-order valence-electron chi connectivity index (χ3n) is 3.21. The van der Waals surface area contributed by atoms with E-state index < -0.39 is 0 Å². The highest BCUT2D eigenvalue weighted by atomic mass is 35.5. The van der Waals surface area contributed by atoms with Gasteiger partial charge in [-0.25, -0.2) is 0 Å². The molecule has 2 amide bonds. The van der Waals surface area contributed by atoms with Gasteiger partial charge in [0.2, 0.25) is 11.8 Å². The van der Waals surface area contributed by atoms with Crippen molar-refractivity contribution < 1.29 is 9.59 Å². The van der Waals surface area contributed by atoms with Crippen LogP contribution in [-0.2, 0) is 9.59 Å². The van der Waals surface area contributed by atoms with E-state index in [1.54, 1.807) is 25.1 Å². The van der Waals surface area contributed by atoms with Crippen LogP contribution in [0.15, 0.2) is 18.2 Å². The molecule has 2 rings (SSSR count). The Labute approximate surface area is 123 Å². The molecule has 0 spiro atoms. The van der Waals surface area contributed by atoms with Crippen molar-refractivity contribution >= 4 is 34.8 Å². The summed E-state index contributed by atoms with van der Waals surface area (Å²) in [5.74, 6) is -0.176. The van der Waals surface area contributed by atoms with Gasteiger partial charge in [0.1, 0.15) is 0 Å². The summed E-state index contributed by atoms with van der Waals surface area (Å²) in [6, 6.07) is 4.87. The molecule has 6 heteroatoms. The number of carbonyl (C=O) groups is 2. The minimum absolute atomic E-state index is 0.0814. The SMILES string of the molecule is CCC(=O)Nc1ccc(Cl)c(NC(=O)[C@H]2CCCN2)c1.